The lowest BCUT2D eigenvalue weighted by atomic mass is 9.84. The van der Waals surface area contributed by atoms with Crippen LogP contribution in [0.5, 0.6) is 5.75 Å². The Balaban J connectivity index is 1.59. The molecule has 2 aromatic rings. The molecule has 0 amide bonds. The van der Waals surface area contributed by atoms with Crippen molar-refractivity contribution in [3.63, 3.8) is 0 Å². The van der Waals surface area contributed by atoms with Crippen molar-refractivity contribution in [2.75, 3.05) is 18.0 Å². The number of benzene rings is 1. The van der Waals surface area contributed by atoms with Crippen molar-refractivity contribution in [1.82, 2.24) is 9.97 Å². The first kappa shape index (κ1) is 17.0. The highest BCUT2D eigenvalue weighted by atomic mass is 16.5. The molecule has 0 aliphatic carbocycles. The molecule has 26 heavy (non-hydrogen) atoms. The van der Waals surface area contributed by atoms with Crippen LogP contribution < -0.4 is 9.64 Å². The molecule has 0 saturated carbocycles. The molecule has 5 nitrogen and oxygen atoms in total. The molecule has 0 radical (unpaired) electrons. The van der Waals surface area contributed by atoms with Crippen molar-refractivity contribution in [2.24, 2.45) is 0 Å². The van der Waals surface area contributed by atoms with E-state index in [4.69, 9.17) is 9.72 Å². The van der Waals surface area contributed by atoms with Crippen LogP contribution in [0, 0.1) is 20.8 Å². The van der Waals surface area contributed by atoms with Crippen molar-refractivity contribution >= 4 is 11.6 Å². The van der Waals surface area contributed by atoms with Crippen LogP contribution in [0.1, 0.15) is 53.1 Å². The number of hydrogen-bond acceptors (Lipinski definition) is 5. The van der Waals surface area contributed by atoms with E-state index in [2.05, 4.69) is 16.8 Å². The van der Waals surface area contributed by atoms with Crippen LogP contribution in [-0.2, 0) is 0 Å². The minimum absolute atomic E-state index is 0.199. The molecule has 0 bridgehead atoms. The Hall–Kier alpha value is -2.43. The Labute approximate surface area is 154 Å². The summed E-state index contributed by atoms with van der Waals surface area (Å²) in [5.74, 6) is 2.77. The predicted molar refractivity (Wildman–Crippen MR) is 101 cm³/mol. The lowest BCUT2D eigenvalue weighted by molar-refractivity contribution is 0.0323. The van der Waals surface area contributed by atoms with Gasteiger partial charge in [-0.05, 0) is 45.7 Å². The maximum absolute atomic E-state index is 12.7. The molecule has 1 saturated heterocycles. The minimum atomic E-state index is -0.384. The molecule has 1 atom stereocenters. The highest BCUT2D eigenvalue weighted by Gasteiger charge is 2.41. The first-order valence-electron chi connectivity index (χ1n) is 9.35. The highest BCUT2D eigenvalue weighted by molar-refractivity contribution is 6.00. The molecule has 1 spiro atoms. The van der Waals surface area contributed by atoms with Crippen molar-refractivity contribution in [3.8, 4) is 5.75 Å². The summed E-state index contributed by atoms with van der Waals surface area (Å²) in [5.41, 5.74) is 2.50. The quantitative estimate of drug-likeness (QED) is 0.782. The summed E-state index contributed by atoms with van der Waals surface area (Å²) >= 11 is 0. The van der Waals surface area contributed by atoms with E-state index in [-0.39, 0.29) is 11.4 Å². The number of nitrogens with zero attached hydrogens (tertiary/aromatic N) is 3. The average molecular weight is 351 g/mol. The third kappa shape index (κ3) is 2.96. The number of Topliss-reactive ketones (excluding diaryl/α,β-unsaturated/α-hetero) is 1. The van der Waals surface area contributed by atoms with Gasteiger partial charge in [0.25, 0.3) is 0 Å². The number of anilines is 1. The van der Waals surface area contributed by atoms with Crippen LogP contribution in [0.25, 0.3) is 0 Å². The van der Waals surface area contributed by atoms with Crippen molar-refractivity contribution in [2.45, 2.75) is 52.1 Å². The topological polar surface area (TPSA) is 55.3 Å². The number of fused-ring (bicyclic) bond motifs is 1. The summed E-state index contributed by atoms with van der Waals surface area (Å²) in [5, 5.41) is 0. The van der Waals surface area contributed by atoms with Gasteiger partial charge >= 0.3 is 0 Å². The minimum Gasteiger partial charge on any atom is -0.486 e. The summed E-state index contributed by atoms with van der Waals surface area (Å²) in [7, 11) is 0. The Morgan fingerprint density at radius 2 is 1.88 bits per heavy atom. The number of ketones is 1. The van der Waals surface area contributed by atoms with E-state index in [1.165, 1.54) is 0 Å². The second-order valence-electron chi connectivity index (χ2n) is 7.53. The Morgan fingerprint density at radius 1 is 1.08 bits per heavy atom. The summed E-state index contributed by atoms with van der Waals surface area (Å²) in [6.45, 7) is 7.83. The van der Waals surface area contributed by atoms with Crippen LogP contribution in [-0.4, -0.2) is 34.4 Å². The Kier molecular flexibility index (Phi) is 4.17. The summed E-state index contributed by atoms with van der Waals surface area (Å²) in [6, 6.07) is 7.61. The van der Waals surface area contributed by atoms with E-state index in [0.29, 0.717) is 6.42 Å². The normalized spacial score (nSPS) is 22.7. The highest BCUT2D eigenvalue weighted by Crippen LogP contribution is 2.39. The van der Waals surface area contributed by atoms with Gasteiger partial charge in [0.2, 0.25) is 0 Å². The molecule has 2 aliphatic heterocycles. The zero-order chi connectivity index (χ0) is 18.3. The van der Waals surface area contributed by atoms with Gasteiger partial charge in [-0.1, -0.05) is 12.1 Å². The molecule has 1 fully saturated rings. The zero-order valence-corrected chi connectivity index (χ0v) is 15.7. The molecule has 5 heteroatoms. The first-order valence-corrected chi connectivity index (χ1v) is 9.35. The fourth-order valence-electron chi connectivity index (χ4n) is 4.16. The van der Waals surface area contributed by atoms with Gasteiger partial charge in [0.1, 0.15) is 23.0 Å². The SMILES string of the molecule is Cc1nc(C)c(C)c(N2CCCC3(CC2)CC(=O)c2ccccc2O3)n1. The molecule has 3 heterocycles. The van der Waals surface area contributed by atoms with E-state index in [1.807, 2.05) is 38.1 Å². The largest absolute Gasteiger partial charge is 0.486 e. The maximum atomic E-state index is 12.7. The zero-order valence-electron chi connectivity index (χ0n) is 15.7. The van der Waals surface area contributed by atoms with Gasteiger partial charge in [-0.15, -0.1) is 0 Å². The van der Waals surface area contributed by atoms with Crippen molar-refractivity contribution in [1.29, 1.82) is 0 Å². The molecule has 2 aliphatic rings. The molecule has 136 valence electrons. The molecular weight excluding hydrogens is 326 g/mol. The fraction of sp³-hybridized carbons (Fsp3) is 0.476. The monoisotopic (exact) mass is 351 g/mol. The Morgan fingerprint density at radius 3 is 2.73 bits per heavy atom. The van der Waals surface area contributed by atoms with Gasteiger partial charge in [-0.2, -0.15) is 0 Å². The number of aromatic nitrogens is 2. The van der Waals surface area contributed by atoms with Crippen LogP contribution in [0.15, 0.2) is 24.3 Å². The lowest BCUT2D eigenvalue weighted by Crippen LogP contribution is -2.43. The molecule has 0 N–H and O–H groups in total. The molecular formula is C21H25N3O2. The molecule has 1 aromatic heterocycles. The van der Waals surface area contributed by atoms with Crippen LogP contribution in [0.2, 0.25) is 0 Å². The molecule has 1 unspecified atom stereocenters. The van der Waals surface area contributed by atoms with Gasteiger partial charge in [0, 0.05) is 30.8 Å². The third-order valence-corrected chi connectivity index (χ3v) is 5.67. The second-order valence-corrected chi connectivity index (χ2v) is 7.53. The number of para-hydroxylation sites is 1. The third-order valence-electron chi connectivity index (χ3n) is 5.67. The van der Waals surface area contributed by atoms with Gasteiger partial charge in [0.05, 0.1) is 12.0 Å². The van der Waals surface area contributed by atoms with Crippen LogP contribution in [0.4, 0.5) is 5.82 Å². The smallest absolute Gasteiger partial charge is 0.170 e. The maximum Gasteiger partial charge on any atom is 0.170 e. The number of carbonyl (C=O) groups is 1. The van der Waals surface area contributed by atoms with Gasteiger partial charge in [-0.3, -0.25) is 4.79 Å². The lowest BCUT2D eigenvalue weighted by Gasteiger charge is -2.37. The summed E-state index contributed by atoms with van der Waals surface area (Å²) < 4.78 is 6.39. The first-order chi connectivity index (χ1) is 12.5. The van der Waals surface area contributed by atoms with Gasteiger partial charge < -0.3 is 9.64 Å². The van der Waals surface area contributed by atoms with Crippen LogP contribution >= 0.6 is 0 Å². The van der Waals surface area contributed by atoms with Gasteiger partial charge in [-0.25, -0.2) is 9.97 Å². The number of aryl methyl sites for hydroxylation is 2. The summed E-state index contributed by atoms with van der Waals surface area (Å²) in [6.07, 6.45) is 3.18. The van der Waals surface area contributed by atoms with E-state index in [9.17, 15) is 4.79 Å². The number of rotatable bonds is 1. The predicted octanol–water partition coefficient (Wildman–Crippen LogP) is 3.80. The average Bonchev–Trinajstić information content (AvgIpc) is 2.80. The number of carbonyl (C=O) groups excluding carboxylic acids is 1. The second kappa shape index (κ2) is 6.38. The van der Waals surface area contributed by atoms with Crippen molar-refractivity contribution in [3.05, 3.63) is 46.9 Å². The van der Waals surface area contributed by atoms with Gasteiger partial charge in [0.15, 0.2) is 5.78 Å². The molecule has 1 aromatic carbocycles. The van der Waals surface area contributed by atoms with E-state index in [1.54, 1.807) is 0 Å². The van der Waals surface area contributed by atoms with Crippen LogP contribution in [0.3, 0.4) is 0 Å². The van der Waals surface area contributed by atoms with Crippen molar-refractivity contribution < 1.29 is 9.53 Å². The van der Waals surface area contributed by atoms with E-state index >= 15 is 0 Å². The summed E-state index contributed by atoms with van der Waals surface area (Å²) in [4.78, 5) is 24.1. The standard InChI is InChI=1S/C21H25N3O2/c1-14-15(2)22-16(3)23-20(14)24-11-6-9-21(10-12-24)13-18(25)17-7-4-5-8-19(17)26-21/h4-5,7-8H,6,9-13H2,1-3H3. The Bertz CT molecular complexity index is 864. The number of ether oxygens (including phenoxy) is 1. The van der Waals surface area contributed by atoms with E-state index in [0.717, 1.165) is 66.6 Å². The molecule has 4 rings (SSSR count). The van der Waals surface area contributed by atoms with E-state index < -0.39 is 0 Å². The number of hydrogen-bond donors (Lipinski definition) is 0. The fourth-order valence-corrected chi connectivity index (χ4v) is 4.16.